The molecule has 1 unspecified atom stereocenters. The number of rotatable bonds is 2. The first-order valence-electron chi connectivity index (χ1n) is 5.09. The lowest BCUT2D eigenvalue weighted by Crippen LogP contribution is -2.29. The van der Waals surface area contributed by atoms with Gasteiger partial charge in [0.2, 0.25) is 0 Å². The lowest BCUT2D eigenvalue weighted by atomic mass is 10.2. The fraction of sp³-hybridized carbons (Fsp3) is 1.00. The molecule has 2 nitrogen and oxygen atoms in total. The van der Waals surface area contributed by atoms with E-state index < -0.39 is 0 Å². The number of aliphatic hydroxyl groups is 1. The summed E-state index contributed by atoms with van der Waals surface area (Å²) < 4.78 is 0. The van der Waals surface area contributed by atoms with Gasteiger partial charge in [-0.1, -0.05) is 13.8 Å². The van der Waals surface area contributed by atoms with Crippen LogP contribution in [0.4, 0.5) is 0 Å². The predicted octanol–water partition coefficient (Wildman–Crippen LogP) is 1.49. The van der Waals surface area contributed by atoms with E-state index in [1.54, 1.807) is 0 Å². The fourth-order valence-corrected chi connectivity index (χ4v) is 1.84. The molecular formula is C10H21NO. The highest BCUT2D eigenvalue weighted by Gasteiger charge is 2.14. The molecule has 1 fully saturated rings. The smallest absolute Gasteiger partial charge is 0.0553 e. The molecule has 0 saturated carbocycles. The molecule has 1 aliphatic heterocycles. The van der Waals surface area contributed by atoms with Crippen molar-refractivity contribution in [3.05, 3.63) is 0 Å². The van der Waals surface area contributed by atoms with Crippen LogP contribution in [-0.4, -0.2) is 35.7 Å². The molecule has 1 saturated heterocycles. The van der Waals surface area contributed by atoms with Crippen LogP contribution in [0, 0.1) is 5.92 Å². The van der Waals surface area contributed by atoms with Crippen LogP contribution in [0.25, 0.3) is 0 Å². The van der Waals surface area contributed by atoms with Gasteiger partial charge in [-0.15, -0.1) is 0 Å². The highest BCUT2D eigenvalue weighted by Crippen LogP contribution is 2.11. The predicted molar refractivity (Wildman–Crippen MR) is 51.1 cm³/mol. The highest BCUT2D eigenvalue weighted by atomic mass is 16.3. The van der Waals surface area contributed by atoms with Crippen LogP contribution in [0.5, 0.6) is 0 Å². The van der Waals surface area contributed by atoms with E-state index in [0.717, 1.165) is 31.7 Å². The third-order valence-corrected chi connectivity index (χ3v) is 2.41. The molecule has 1 rings (SSSR count). The quantitative estimate of drug-likeness (QED) is 0.680. The molecule has 2 heteroatoms. The standard InChI is InChI=1S/C10H21NO/c1-9(2)8-11-6-3-4-10(12)5-7-11/h9-10,12H,3-8H2,1-2H3. The van der Waals surface area contributed by atoms with Crippen molar-refractivity contribution in [1.82, 2.24) is 4.90 Å². The molecular weight excluding hydrogens is 150 g/mol. The summed E-state index contributed by atoms with van der Waals surface area (Å²) in [6, 6.07) is 0. The van der Waals surface area contributed by atoms with Gasteiger partial charge in [0.25, 0.3) is 0 Å². The van der Waals surface area contributed by atoms with E-state index in [1.807, 2.05) is 0 Å². The second kappa shape index (κ2) is 4.83. The third kappa shape index (κ3) is 3.55. The largest absolute Gasteiger partial charge is 0.393 e. The Hall–Kier alpha value is -0.0800. The van der Waals surface area contributed by atoms with Crippen LogP contribution < -0.4 is 0 Å². The van der Waals surface area contributed by atoms with Crippen LogP contribution >= 0.6 is 0 Å². The Morgan fingerprint density at radius 1 is 1.33 bits per heavy atom. The van der Waals surface area contributed by atoms with Gasteiger partial charge < -0.3 is 10.0 Å². The summed E-state index contributed by atoms with van der Waals surface area (Å²) in [6.07, 6.45) is 3.08. The van der Waals surface area contributed by atoms with Crippen LogP contribution in [0.1, 0.15) is 33.1 Å². The van der Waals surface area contributed by atoms with Crippen molar-refractivity contribution in [2.45, 2.75) is 39.2 Å². The number of likely N-dealkylation sites (tertiary alicyclic amines) is 1. The van der Waals surface area contributed by atoms with Crippen molar-refractivity contribution in [2.24, 2.45) is 5.92 Å². The van der Waals surface area contributed by atoms with Gasteiger partial charge in [0.15, 0.2) is 0 Å². The molecule has 1 N–H and O–H groups in total. The Bertz CT molecular complexity index is 125. The lowest BCUT2D eigenvalue weighted by molar-refractivity contribution is 0.154. The minimum Gasteiger partial charge on any atom is -0.393 e. The zero-order valence-electron chi connectivity index (χ0n) is 8.29. The highest BCUT2D eigenvalue weighted by molar-refractivity contribution is 4.69. The molecule has 1 heterocycles. The monoisotopic (exact) mass is 171 g/mol. The molecule has 72 valence electrons. The van der Waals surface area contributed by atoms with Crippen molar-refractivity contribution in [1.29, 1.82) is 0 Å². The summed E-state index contributed by atoms with van der Waals surface area (Å²) in [4.78, 5) is 2.47. The van der Waals surface area contributed by atoms with Gasteiger partial charge in [-0.2, -0.15) is 0 Å². The van der Waals surface area contributed by atoms with Crippen LogP contribution in [-0.2, 0) is 0 Å². The van der Waals surface area contributed by atoms with E-state index in [-0.39, 0.29) is 6.10 Å². The van der Waals surface area contributed by atoms with E-state index in [4.69, 9.17) is 0 Å². The maximum Gasteiger partial charge on any atom is 0.0553 e. The van der Waals surface area contributed by atoms with Crippen LogP contribution in [0.3, 0.4) is 0 Å². The van der Waals surface area contributed by atoms with Gasteiger partial charge >= 0.3 is 0 Å². The molecule has 0 bridgehead atoms. The Labute approximate surface area is 75.6 Å². The van der Waals surface area contributed by atoms with Gasteiger partial charge in [0.1, 0.15) is 0 Å². The minimum atomic E-state index is -0.0397. The summed E-state index contributed by atoms with van der Waals surface area (Å²) in [5.74, 6) is 0.750. The topological polar surface area (TPSA) is 23.5 Å². The fourth-order valence-electron chi connectivity index (χ4n) is 1.84. The van der Waals surface area contributed by atoms with E-state index in [2.05, 4.69) is 18.7 Å². The normalized spacial score (nSPS) is 27.5. The zero-order valence-corrected chi connectivity index (χ0v) is 8.29. The van der Waals surface area contributed by atoms with Gasteiger partial charge in [0.05, 0.1) is 6.10 Å². The lowest BCUT2D eigenvalue weighted by Gasteiger charge is -2.21. The summed E-state index contributed by atoms with van der Waals surface area (Å²) in [5.41, 5.74) is 0. The molecule has 0 amide bonds. The van der Waals surface area contributed by atoms with Crippen molar-refractivity contribution >= 4 is 0 Å². The molecule has 0 aromatic heterocycles. The molecule has 1 atom stereocenters. The second-order valence-electron chi connectivity index (χ2n) is 4.28. The summed E-state index contributed by atoms with van der Waals surface area (Å²) in [6.45, 7) is 7.95. The number of hydrogen-bond acceptors (Lipinski definition) is 2. The number of hydrogen-bond donors (Lipinski definition) is 1. The first-order valence-corrected chi connectivity index (χ1v) is 5.09. The van der Waals surface area contributed by atoms with E-state index >= 15 is 0 Å². The van der Waals surface area contributed by atoms with E-state index in [9.17, 15) is 5.11 Å². The Morgan fingerprint density at radius 3 is 2.75 bits per heavy atom. The van der Waals surface area contributed by atoms with Gasteiger partial charge in [0, 0.05) is 13.1 Å². The average Bonchev–Trinajstić information content (AvgIpc) is 2.15. The van der Waals surface area contributed by atoms with Crippen molar-refractivity contribution in [3.63, 3.8) is 0 Å². The van der Waals surface area contributed by atoms with Gasteiger partial charge in [-0.05, 0) is 31.7 Å². The molecule has 0 aromatic carbocycles. The molecule has 0 radical (unpaired) electrons. The Kier molecular flexibility index (Phi) is 4.02. The maximum absolute atomic E-state index is 9.41. The van der Waals surface area contributed by atoms with Crippen LogP contribution in [0.15, 0.2) is 0 Å². The summed E-state index contributed by atoms with van der Waals surface area (Å²) >= 11 is 0. The molecule has 0 aliphatic carbocycles. The van der Waals surface area contributed by atoms with Crippen molar-refractivity contribution in [3.8, 4) is 0 Å². The summed E-state index contributed by atoms with van der Waals surface area (Å²) in [5, 5.41) is 9.41. The first-order chi connectivity index (χ1) is 5.68. The molecule has 0 spiro atoms. The van der Waals surface area contributed by atoms with Crippen molar-refractivity contribution in [2.75, 3.05) is 19.6 Å². The molecule has 0 aromatic rings. The van der Waals surface area contributed by atoms with Gasteiger partial charge in [-0.3, -0.25) is 0 Å². The van der Waals surface area contributed by atoms with E-state index in [0.29, 0.717) is 0 Å². The Morgan fingerprint density at radius 2 is 2.08 bits per heavy atom. The first kappa shape index (κ1) is 10.0. The second-order valence-corrected chi connectivity index (χ2v) is 4.28. The number of nitrogens with zero attached hydrogens (tertiary/aromatic N) is 1. The zero-order chi connectivity index (χ0) is 8.97. The van der Waals surface area contributed by atoms with Gasteiger partial charge in [-0.25, -0.2) is 0 Å². The third-order valence-electron chi connectivity index (χ3n) is 2.41. The van der Waals surface area contributed by atoms with Crippen molar-refractivity contribution < 1.29 is 5.11 Å². The molecule has 12 heavy (non-hydrogen) atoms. The Balaban J connectivity index is 2.26. The van der Waals surface area contributed by atoms with E-state index in [1.165, 1.54) is 13.1 Å². The maximum atomic E-state index is 9.41. The average molecular weight is 171 g/mol. The van der Waals surface area contributed by atoms with Crippen LogP contribution in [0.2, 0.25) is 0 Å². The molecule has 1 aliphatic rings. The SMILES string of the molecule is CC(C)CN1CCCC(O)CC1. The number of aliphatic hydroxyl groups excluding tert-OH is 1. The summed E-state index contributed by atoms with van der Waals surface area (Å²) in [7, 11) is 0. The minimum absolute atomic E-state index is 0.0397.